The fourth-order valence-electron chi connectivity index (χ4n) is 2.13. The van der Waals surface area contributed by atoms with Crippen molar-refractivity contribution in [3.63, 3.8) is 0 Å². The van der Waals surface area contributed by atoms with E-state index in [0.717, 1.165) is 24.3 Å². The van der Waals surface area contributed by atoms with Crippen LogP contribution in [0.5, 0.6) is 0 Å². The summed E-state index contributed by atoms with van der Waals surface area (Å²) in [6.45, 7) is -0.501. The van der Waals surface area contributed by atoms with Crippen molar-refractivity contribution in [2.24, 2.45) is 0 Å². The summed E-state index contributed by atoms with van der Waals surface area (Å²) in [5, 5.41) is 22.9. The van der Waals surface area contributed by atoms with E-state index in [-0.39, 0.29) is 11.3 Å². The van der Waals surface area contributed by atoms with Crippen molar-refractivity contribution in [1.29, 1.82) is 0 Å². The summed E-state index contributed by atoms with van der Waals surface area (Å²) in [6, 6.07) is 6.76. The van der Waals surface area contributed by atoms with Crippen LogP contribution in [0, 0.1) is 21.7 Å². The zero-order valence-electron chi connectivity index (χ0n) is 12.2. The molecule has 0 aliphatic heterocycles. The fraction of sp³-hybridized carbons (Fsp3) is 0.133. The lowest BCUT2D eigenvalue weighted by atomic mass is 10.1. The summed E-state index contributed by atoms with van der Waals surface area (Å²) < 4.78 is 27.1. The molecule has 0 aliphatic carbocycles. The largest absolute Gasteiger partial charge is 0.393 e. The summed E-state index contributed by atoms with van der Waals surface area (Å²) in [4.78, 5) is 22.1. The zero-order valence-corrected chi connectivity index (χ0v) is 12.2. The molecule has 0 radical (unpaired) electrons. The first kappa shape index (κ1) is 17.3. The molecule has 0 spiro atoms. The molecule has 126 valence electrons. The fourth-order valence-corrected chi connectivity index (χ4v) is 2.13. The van der Waals surface area contributed by atoms with Crippen LogP contribution in [0.3, 0.4) is 0 Å². The molecule has 2 rings (SSSR count). The van der Waals surface area contributed by atoms with Crippen LogP contribution in [0.4, 0.5) is 20.2 Å². The van der Waals surface area contributed by atoms with Crippen molar-refractivity contribution in [2.75, 3.05) is 12.3 Å². The van der Waals surface area contributed by atoms with Crippen LogP contribution in [0.2, 0.25) is 0 Å². The number of nitrogens with zero attached hydrogens (tertiary/aromatic N) is 1. The Kier molecular flexibility index (Phi) is 5.05. The average molecular weight is 337 g/mol. The van der Waals surface area contributed by atoms with Crippen LogP contribution < -0.4 is 11.1 Å². The molecule has 7 nitrogen and oxygen atoms in total. The van der Waals surface area contributed by atoms with Crippen LogP contribution in [0.1, 0.15) is 22.0 Å². The molecule has 0 bridgehead atoms. The highest BCUT2D eigenvalue weighted by Crippen LogP contribution is 2.25. The number of rotatable bonds is 5. The van der Waals surface area contributed by atoms with Crippen LogP contribution in [0.15, 0.2) is 36.4 Å². The Bertz CT molecular complexity index is 778. The van der Waals surface area contributed by atoms with Gasteiger partial charge in [-0.15, -0.1) is 0 Å². The number of para-hydroxylation sites is 1. The van der Waals surface area contributed by atoms with Gasteiger partial charge in [0.05, 0.1) is 16.1 Å². The molecule has 0 aromatic heterocycles. The smallest absolute Gasteiger partial charge is 0.292 e. The van der Waals surface area contributed by atoms with E-state index in [1.54, 1.807) is 0 Å². The number of nitro groups is 1. The number of halogens is 2. The van der Waals surface area contributed by atoms with E-state index < -0.39 is 46.4 Å². The van der Waals surface area contributed by atoms with Crippen LogP contribution >= 0.6 is 0 Å². The second-order valence-electron chi connectivity index (χ2n) is 4.86. The Morgan fingerprint density at radius 2 is 1.83 bits per heavy atom. The Hall–Kier alpha value is -3.07. The maximum Gasteiger partial charge on any atom is 0.292 e. The predicted molar refractivity (Wildman–Crippen MR) is 81.2 cm³/mol. The highest BCUT2D eigenvalue weighted by Gasteiger charge is 2.21. The quantitative estimate of drug-likeness (QED) is 0.437. The van der Waals surface area contributed by atoms with Gasteiger partial charge in [0.15, 0.2) is 0 Å². The predicted octanol–water partition coefficient (Wildman–Crippen LogP) is 1.92. The Balaban J connectivity index is 2.14. The first-order valence-electron chi connectivity index (χ1n) is 6.76. The first-order valence-corrected chi connectivity index (χ1v) is 6.76. The molecule has 1 atom stereocenters. The van der Waals surface area contributed by atoms with Crippen molar-refractivity contribution in [3.05, 3.63) is 69.3 Å². The maximum absolute atomic E-state index is 13.5. The van der Waals surface area contributed by atoms with Gasteiger partial charge in [0.1, 0.15) is 23.4 Å². The second kappa shape index (κ2) is 7.01. The number of aliphatic hydroxyl groups excluding tert-OH is 1. The number of hydrogen-bond acceptors (Lipinski definition) is 5. The number of hydrogen-bond donors (Lipinski definition) is 3. The summed E-state index contributed by atoms with van der Waals surface area (Å²) >= 11 is 0. The van der Waals surface area contributed by atoms with Gasteiger partial charge >= 0.3 is 0 Å². The van der Waals surface area contributed by atoms with Gasteiger partial charge in [0, 0.05) is 12.6 Å². The van der Waals surface area contributed by atoms with Crippen molar-refractivity contribution < 1.29 is 23.6 Å². The van der Waals surface area contributed by atoms with Gasteiger partial charge in [0.2, 0.25) is 0 Å². The highest BCUT2D eigenvalue weighted by molar-refractivity contribution is 6.00. The molecule has 0 saturated heterocycles. The third kappa shape index (κ3) is 3.46. The average Bonchev–Trinajstić information content (AvgIpc) is 2.52. The molecule has 4 N–H and O–H groups in total. The number of benzene rings is 2. The van der Waals surface area contributed by atoms with Gasteiger partial charge < -0.3 is 16.2 Å². The van der Waals surface area contributed by atoms with E-state index in [9.17, 15) is 28.8 Å². The second-order valence-corrected chi connectivity index (χ2v) is 4.86. The third-order valence-electron chi connectivity index (χ3n) is 3.31. The van der Waals surface area contributed by atoms with Crippen LogP contribution in [-0.4, -0.2) is 22.5 Å². The molecule has 0 fully saturated rings. The monoisotopic (exact) mass is 337 g/mol. The number of amides is 1. The van der Waals surface area contributed by atoms with Crippen molar-refractivity contribution in [3.8, 4) is 0 Å². The SMILES string of the molecule is Nc1c(C(=O)NCC(O)c2c(F)cccc2F)cccc1[N+](=O)[O-]. The molecule has 2 aromatic rings. The highest BCUT2D eigenvalue weighted by atomic mass is 19.1. The zero-order chi connectivity index (χ0) is 17.9. The lowest BCUT2D eigenvalue weighted by Gasteiger charge is -2.14. The number of anilines is 1. The molecule has 24 heavy (non-hydrogen) atoms. The Morgan fingerprint density at radius 3 is 2.42 bits per heavy atom. The summed E-state index contributed by atoms with van der Waals surface area (Å²) in [5.41, 5.74) is 4.03. The van der Waals surface area contributed by atoms with Crippen molar-refractivity contribution in [1.82, 2.24) is 5.32 Å². The van der Waals surface area contributed by atoms with Gasteiger partial charge in [-0.25, -0.2) is 8.78 Å². The molecular formula is C15H13F2N3O4. The lowest BCUT2D eigenvalue weighted by molar-refractivity contribution is -0.383. The molecule has 0 heterocycles. The van der Waals surface area contributed by atoms with Gasteiger partial charge in [-0.1, -0.05) is 12.1 Å². The van der Waals surface area contributed by atoms with E-state index in [0.29, 0.717) is 0 Å². The van der Waals surface area contributed by atoms with E-state index in [1.165, 1.54) is 12.1 Å². The first-order chi connectivity index (χ1) is 11.3. The molecule has 2 aromatic carbocycles. The minimum absolute atomic E-state index is 0.176. The number of aliphatic hydroxyl groups is 1. The topological polar surface area (TPSA) is 118 Å². The minimum Gasteiger partial charge on any atom is -0.393 e. The lowest BCUT2D eigenvalue weighted by Crippen LogP contribution is -2.29. The number of nitrogens with one attached hydrogen (secondary N) is 1. The maximum atomic E-state index is 13.5. The van der Waals surface area contributed by atoms with Crippen LogP contribution in [-0.2, 0) is 0 Å². The van der Waals surface area contributed by atoms with E-state index >= 15 is 0 Å². The van der Waals surface area contributed by atoms with Gasteiger partial charge in [0.25, 0.3) is 11.6 Å². The molecule has 0 aliphatic rings. The summed E-state index contributed by atoms with van der Waals surface area (Å²) in [6.07, 6.45) is -1.63. The van der Waals surface area contributed by atoms with Gasteiger partial charge in [-0.05, 0) is 18.2 Å². The van der Waals surface area contributed by atoms with Gasteiger partial charge in [-0.2, -0.15) is 0 Å². The molecule has 1 amide bonds. The van der Waals surface area contributed by atoms with Crippen molar-refractivity contribution in [2.45, 2.75) is 6.10 Å². The molecule has 0 saturated carbocycles. The van der Waals surface area contributed by atoms with Gasteiger partial charge in [-0.3, -0.25) is 14.9 Å². The summed E-state index contributed by atoms with van der Waals surface area (Å²) in [7, 11) is 0. The van der Waals surface area contributed by atoms with Crippen LogP contribution in [0.25, 0.3) is 0 Å². The number of carbonyl (C=O) groups is 1. The Morgan fingerprint density at radius 1 is 1.25 bits per heavy atom. The molecule has 1 unspecified atom stereocenters. The molecular weight excluding hydrogens is 324 g/mol. The summed E-state index contributed by atoms with van der Waals surface area (Å²) in [5.74, 6) is -2.72. The van der Waals surface area contributed by atoms with Crippen molar-refractivity contribution >= 4 is 17.3 Å². The normalized spacial score (nSPS) is 11.8. The van der Waals surface area contributed by atoms with E-state index in [1.807, 2.05) is 0 Å². The number of nitrogens with two attached hydrogens (primary N) is 1. The number of nitro benzene ring substituents is 1. The Labute approximate surface area is 134 Å². The minimum atomic E-state index is -1.63. The van der Waals surface area contributed by atoms with E-state index in [4.69, 9.17) is 5.73 Å². The number of carbonyl (C=O) groups excluding carboxylic acids is 1. The standard InChI is InChI=1S/C15H13F2N3O4/c16-9-4-2-5-10(17)13(9)12(21)7-19-15(22)8-3-1-6-11(14(8)18)20(23)24/h1-6,12,21H,7,18H2,(H,19,22). The van der Waals surface area contributed by atoms with E-state index in [2.05, 4.69) is 5.32 Å². The third-order valence-corrected chi connectivity index (χ3v) is 3.31. The number of nitrogen functional groups attached to an aromatic ring is 1. The molecule has 9 heteroatoms.